The normalized spacial score (nSPS) is 15.0. The summed E-state index contributed by atoms with van der Waals surface area (Å²) < 4.78 is 7.66. The maximum atomic E-state index is 12.8. The highest BCUT2D eigenvalue weighted by Crippen LogP contribution is 2.35. The minimum atomic E-state index is -0.279. The van der Waals surface area contributed by atoms with Crippen LogP contribution in [0, 0.1) is 6.92 Å². The van der Waals surface area contributed by atoms with Gasteiger partial charge >= 0.3 is 0 Å². The fraction of sp³-hybridized carbons (Fsp3) is 0.120. The summed E-state index contributed by atoms with van der Waals surface area (Å²) in [5.74, 6) is 0.436. The second-order valence-electron chi connectivity index (χ2n) is 7.36. The standard InChI is InChI=1S/C25H19Br2NO3S/c1-16-3-2-4-19(11-16)15-31-22-10-7-18(12-21(22)27)13-23-24(29)28(25(30)32-23)14-17-5-8-20(26)9-6-17/h2-13H,14-15H2,1H3/b23-13-. The molecule has 1 aliphatic heterocycles. The monoisotopic (exact) mass is 571 g/mol. The average Bonchev–Trinajstić information content (AvgIpc) is 3.02. The van der Waals surface area contributed by atoms with Crippen molar-refractivity contribution >= 4 is 60.8 Å². The van der Waals surface area contributed by atoms with Gasteiger partial charge in [-0.3, -0.25) is 14.5 Å². The molecule has 0 bridgehead atoms. The van der Waals surface area contributed by atoms with Gasteiger partial charge in [0.05, 0.1) is 15.9 Å². The molecule has 1 saturated heterocycles. The quantitative estimate of drug-likeness (QED) is 0.290. The number of hydrogen-bond donors (Lipinski definition) is 0. The van der Waals surface area contributed by atoms with Crippen molar-refractivity contribution in [1.29, 1.82) is 0 Å². The molecule has 0 spiro atoms. The number of hydrogen-bond acceptors (Lipinski definition) is 4. The van der Waals surface area contributed by atoms with Crippen LogP contribution in [0.5, 0.6) is 5.75 Å². The smallest absolute Gasteiger partial charge is 0.293 e. The lowest BCUT2D eigenvalue weighted by molar-refractivity contribution is -0.123. The van der Waals surface area contributed by atoms with Crippen LogP contribution < -0.4 is 4.74 Å². The fourth-order valence-electron chi connectivity index (χ4n) is 3.25. The molecule has 2 amide bonds. The summed E-state index contributed by atoms with van der Waals surface area (Å²) in [7, 11) is 0. The fourth-order valence-corrected chi connectivity index (χ4v) is 4.86. The number of carbonyl (C=O) groups excluding carboxylic acids is 2. The van der Waals surface area contributed by atoms with Crippen molar-refractivity contribution in [1.82, 2.24) is 4.90 Å². The van der Waals surface area contributed by atoms with E-state index in [1.54, 1.807) is 6.08 Å². The Kier molecular flexibility index (Phi) is 7.18. The van der Waals surface area contributed by atoms with Gasteiger partial charge in [0.15, 0.2) is 0 Å². The lowest BCUT2D eigenvalue weighted by atomic mass is 10.1. The van der Waals surface area contributed by atoms with E-state index < -0.39 is 0 Å². The number of benzene rings is 3. The minimum Gasteiger partial charge on any atom is -0.488 e. The third kappa shape index (κ3) is 5.52. The van der Waals surface area contributed by atoms with Crippen molar-refractivity contribution in [3.63, 3.8) is 0 Å². The Morgan fingerprint density at radius 2 is 1.75 bits per heavy atom. The molecule has 32 heavy (non-hydrogen) atoms. The van der Waals surface area contributed by atoms with Crippen molar-refractivity contribution in [2.75, 3.05) is 0 Å². The van der Waals surface area contributed by atoms with Gasteiger partial charge in [0.1, 0.15) is 12.4 Å². The Bertz CT molecular complexity index is 1210. The molecule has 4 nitrogen and oxygen atoms in total. The van der Waals surface area contributed by atoms with E-state index in [4.69, 9.17) is 4.74 Å². The van der Waals surface area contributed by atoms with Crippen molar-refractivity contribution in [2.24, 2.45) is 0 Å². The first kappa shape index (κ1) is 22.8. The first-order valence-corrected chi connectivity index (χ1v) is 12.3. The number of aryl methyl sites for hydroxylation is 1. The van der Waals surface area contributed by atoms with Crippen LogP contribution in [-0.4, -0.2) is 16.0 Å². The Morgan fingerprint density at radius 1 is 0.969 bits per heavy atom. The Morgan fingerprint density at radius 3 is 2.47 bits per heavy atom. The van der Waals surface area contributed by atoms with Gasteiger partial charge in [-0.25, -0.2) is 0 Å². The first-order valence-electron chi connectivity index (χ1n) is 9.87. The third-order valence-electron chi connectivity index (χ3n) is 4.86. The van der Waals surface area contributed by atoms with Crippen LogP contribution >= 0.6 is 43.6 Å². The predicted molar refractivity (Wildman–Crippen MR) is 135 cm³/mol. The van der Waals surface area contributed by atoms with Gasteiger partial charge < -0.3 is 4.74 Å². The molecular weight excluding hydrogens is 554 g/mol. The second-order valence-corrected chi connectivity index (χ2v) is 10.1. The molecule has 4 rings (SSSR count). The second kappa shape index (κ2) is 10.1. The van der Waals surface area contributed by atoms with E-state index in [0.717, 1.165) is 37.4 Å². The summed E-state index contributed by atoms with van der Waals surface area (Å²) in [5.41, 5.74) is 4.00. The maximum Gasteiger partial charge on any atom is 0.293 e. The summed E-state index contributed by atoms with van der Waals surface area (Å²) in [5, 5.41) is -0.263. The molecule has 0 radical (unpaired) electrons. The molecule has 3 aromatic carbocycles. The molecule has 1 heterocycles. The zero-order valence-corrected chi connectivity index (χ0v) is 21.2. The van der Waals surface area contributed by atoms with Crippen LogP contribution in [0.3, 0.4) is 0 Å². The van der Waals surface area contributed by atoms with E-state index in [-0.39, 0.29) is 17.7 Å². The molecular formula is C25H19Br2NO3S. The van der Waals surface area contributed by atoms with Crippen LogP contribution in [-0.2, 0) is 17.9 Å². The van der Waals surface area contributed by atoms with Crippen molar-refractivity contribution in [3.05, 3.63) is 103 Å². The predicted octanol–water partition coefficient (Wildman–Crippen LogP) is 7.34. The van der Waals surface area contributed by atoms with Gasteiger partial charge in [0, 0.05) is 4.47 Å². The van der Waals surface area contributed by atoms with Crippen molar-refractivity contribution < 1.29 is 14.3 Å². The first-order chi connectivity index (χ1) is 15.4. The van der Waals surface area contributed by atoms with Crippen molar-refractivity contribution in [2.45, 2.75) is 20.1 Å². The number of carbonyl (C=O) groups is 2. The van der Waals surface area contributed by atoms with Gasteiger partial charge in [0.2, 0.25) is 0 Å². The molecule has 3 aromatic rings. The summed E-state index contributed by atoms with van der Waals surface area (Å²) in [6.45, 7) is 2.77. The summed E-state index contributed by atoms with van der Waals surface area (Å²) in [4.78, 5) is 26.9. The lowest BCUT2D eigenvalue weighted by Gasteiger charge is -2.12. The number of thioether (sulfide) groups is 1. The highest BCUT2D eigenvalue weighted by atomic mass is 79.9. The molecule has 0 N–H and O–H groups in total. The van der Waals surface area contributed by atoms with Gasteiger partial charge in [-0.2, -0.15) is 0 Å². The van der Waals surface area contributed by atoms with E-state index in [2.05, 4.69) is 50.9 Å². The van der Waals surface area contributed by atoms with Crippen molar-refractivity contribution in [3.8, 4) is 5.75 Å². The molecule has 1 aliphatic rings. The molecule has 1 fully saturated rings. The number of halogens is 2. The Labute approximate surface area is 207 Å². The highest BCUT2D eigenvalue weighted by Gasteiger charge is 2.35. The molecule has 7 heteroatoms. The third-order valence-corrected chi connectivity index (χ3v) is 6.91. The van der Waals surface area contributed by atoms with Crippen LogP contribution in [0.4, 0.5) is 4.79 Å². The van der Waals surface area contributed by atoms with Gasteiger partial charge in [-0.05, 0) is 81.6 Å². The van der Waals surface area contributed by atoms with Crippen LogP contribution in [0.1, 0.15) is 22.3 Å². The zero-order valence-electron chi connectivity index (χ0n) is 17.2. The van der Waals surface area contributed by atoms with Gasteiger partial charge in [-0.15, -0.1) is 0 Å². The molecule has 0 aromatic heterocycles. The van der Waals surface area contributed by atoms with E-state index in [1.165, 1.54) is 10.5 Å². The lowest BCUT2D eigenvalue weighted by Crippen LogP contribution is -2.27. The highest BCUT2D eigenvalue weighted by molar-refractivity contribution is 9.10. The molecule has 0 unspecified atom stereocenters. The van der Waals surface area contributed by atoms with E-state index in [0.29, 0.717) is 17.3 Å². The molecule has 0 saturated carbocycles. The minimum absolute atomic E-state index is 0.255. The van der Waals surface area contributed by atoms with E-state index >= 15 is 0 Å². The maximum absolute atomic E-state index is 12.8. The summed E-state index contributed by atoms with van der Waals surface area (Å²) in [6, 6.07) is 21.4. The Balaban J connectivity index is 1.45. The number of rotatable bonds is 6. The number of amides is 2. The van der Waals surface area contributed by atoms with Gasteiger partial charge in [0.25, 0.3) is 11.1 Å². The van der Waals surface area contributed by atoms with E-state index in [9.17, 15) is 9.59 Å². The summed E-state index contributed by atoms with van der Waals surface area (Å²) >= 11 is 7.90. The van der Waals surface area contributed by atoms with E-state index in [1.807, 2.05) is 54.6 Å². The molecule has 0 aliphatic carbocycles. The number of ether oxygens (including phenoxy) is 1. The molecule has 0 atom stereocenters. The average molecular weight is 573 g/mol. The topological polar surface area (TPSA) is 46.6 Å². The van der Waals surface area contributed by atoms with Gasteiger partial charge in [-0.1, -0.05) is 64.0 Å². The van der Waals surface area contributed by atoms with Crippen LogP contribution in [0.15, 0.2) is 80.6 Å². The Hall–Kier alpha value is -2.35. The largest absolute Gasteiger partial charge is 0.488 e. The number of imide groups is 1. The number of nitrogens with zero attached hydrogens (tertiary/aromatic N) is 1. The van der Waals surface area contributed by atoms with Crippen LogP contribution in [0.25, 0.3) is 6.08 Å². The SMILES string of the molecule is Cc1cccc(COc2ccc(/C=C3\SC(=O)N(Cc4ccc(Br)cc4)C3=O)cc2Br)c1. The molecule has 162 valence electrons. The summed E-state index contributed by atoms with van der Waals surface area (Å²) in [6.07, 6.45) is 1.74. The van der Waals surface area contributed by atoms with Crippen LogP contribution in [0.2, 0.25) is 0 Å². The zero-order chi connectivity index (χ0) is 22.7.